The minimum atomic E-state index is -0.451. The second kappa shape index (κ2) is 7.75. The van der Waals surface area contributed by atoms with Crippen LogP contribution in [0.25, 0.3) is 16.6 Å². The van der Waals surface area contributed by atoms with Crippen molar-refractivity contribution in [2.75, 3.05) is 0 Å². The average molecular weight is 386 g/mol. The summed E-state index contributed by atoms with van der Waals surface area (Å²) in [6, 6.07) is 15.1. The standard InChI is InChI=1S/C23H22N4O2/c1-16(27-14-20(17(2)28)19-8-4-6-10-22(19)27)23(29)25-13-18-7-3-5-9-21(18)26-12-11-24-15-26/h3-12,14-16H,13H2,1-2H3,(H,25,29). The van der Waals surface area contributed by atoms with Gasteiger partial charge < -0.3 is 14.5 Å². The molecule has 4 aromatic rings. The maximum Gasteiger partial charge on any atom is 0.243 e. The first kappa shape index (κ1) is 18.7. The molecule has 1 unspecified atom stereocenters. The van der Waals surface area contributed by atoms with E-state index in [0.717, 1.165) is 22.2 Å². The Bertz CT molecular complexity index is 1170. The third-order valence-corrected chi connectivity index (χ3v) is 5.14. The average Bonchev–Trinajstić information content (AvgIpc) is 3.40. The van der Waals surface area contributed by atoms with E-state index in [1.807, 2.05) is 70.8 Å². The molecule has 1 amide bonds. The summed E-state index contributed by atoms with van der Waals surface area (Å²) in [6.45, 7) is 3.79. The molecule has 6 heteroatoms. The van der Waals surface area contributed by atoms with Crippen LogP contribution in [0.15, 0.2) is 73.4 Å². The van der Waals surface area contributed by atoms with Gasteiger partial charge in [0.15, 0.2) is 5.78 Å². The van der Waals surface area contributed by atoms with Gasteiger partial charge in [-0.15, -0.1) is 0 Å². The minimum absolute atomic E-state index is 0.0122. The van der Waals surface area contributed by atoms with Gasteiger partial charge in [-0.2, -0.15) is 0 Å². The molecule has 2 aromatic carbocycles. The lowest BCUT2D eigenvalue weighted by molar-refractivity contribution is -0.123. The van der Waals surface area contributed by atoms with Crippen LogP contribution in [0.5, 0.6) is 0 Å². The number of hydrogen-bond donors (Lipinski definition) is 1. The zero-order valence-corrected chi connectivity index (χ0v) is 16.4. The number of para-hydroxylation sites is 2. The number of Topliss-reactive ketones (excluding diaryl/α,β-unsaturated/α-hetero) is 1. The van der Waals surface area contributed by atoms with Crippen LogP contribution in [0, 0.1) is 0 Å². The Labute approximate surface area is 168 Å². The van der Waals surface area contributed by atoms with E-state index in [4.69, 9.17) is 0 Å². The van der Waals surface area contributed by atoms with E-state index >= 15 is 0 Å². The molecule has 0 spiro atoms. The minimum Gasteiger partial charge on any atom is -0.350 e. The van der Waals surface area contributed by atoms with Crippen molar-refractivity contribution in [1.82, 2.24) is 19.4 Å². The molecule has 0 bridgehead atoms. The lowest BCUT2D eigenvalue weighted by Gasteiger charge is -2.17. The highest BCUT2D eigenvalue weighted by Gasteiger charge is 2.20. The largest absolute Gasteiger partial charge is 0.350 e. The Kier molecular flexibility index (Phi) is 4.99. The van der Waals surface area contributed by atoms with Gasteiger partial charge in [0.25, 0.3) is 0 Å². The van der Waals surface area contributed by atoms with Crippen molar-refractivity contribution >= 4 is 22.6 Å². The summed E-state index contributed by atoms with van der Waals surface area (Å²) < 4.78 is 3.78. The lowest BCUT2D eigenvalue weighted by Crippen LogP contribution is -2.30. The first-order valence-electron chi connectivity index (χ1n) is 9.50. The number of ketones is 1. The van der Waals surface area contributed by atoms with Crippen LogP contribution in [0.2, 0.25) is 0 Å². The normalized spacial score (nSPS) is 12.1. The smallest absolute Gasteiger partial charge is 0.243 e. The third kappa shape index (κ3) is 3.57. The lowest BCUT2D eigenvalue weighted by atomic mass is 10.1. The van der Waals surface area contributed by atoms with E-state index in [1.54, 1.807) is 25.6 Å². The van der Waals surface area contributed by atoms with E-state index in [1.165, 1.54) is 0 Å². The summed E-state index contributed by atoms with van der Waals surface area (Å²) in [5.74, 6) is -0.122. The Morgan fingerprint density at radius 2 is 1.86 bits per heavy atom. The SMILES string of the molecule is CC(=O)c1cn(C(C)C(=O)NCc2ccccc2-n2ccnc2)c2ccccc12. The quantitative estimate of drug-likeness (QED) is 0.511. The van der Waals surface area contributed by atoms with Crippen molar-refractivity contribution < 1.29 is 9.59 Å². The molecule has 0 aliphatic heterocycles. The fraction of sp³-hybridized carbons (Fsp3) is 0.174. The van der Waals surface area contributed by atoms with Gasteiger partial charge >= 0.3 is 0 Å². The van der Waals surface area contributed by atoms with Gasteiger partial charge in [0.05, 0.1) is 12.0 Å². The molecule has 29 heavy (non-hydrogen) atoms. The Hall–Kier alpha value is -3.67. The fourth-order valence-electron chi connectivity index (χ4n) is 3.58. The highest BCUT2D eigenvalue weighted by atomic mass is 16.2. The number of carbonyl (C=O) groups is 2. The Morgan fingerprint density at radius 1 is 1.10 bits per heavy atom. The van der Waals surface area contributed by atoms with E-state index in [2.05, 4.69) is 10.3 Å². The van der Waals surface area contributed by atoms with Crippen molar-refractivity contribution in [2.45, 2.75) is 26.4 Å². The predicted molar refractivity (Wildman–Crippen MR) is 112 cm³/mol. The maximum atomic E-state index is 12.9. The van der Waals surface area contributed by atoms with Crippen LogP contribution in [0.3, 0.4) is 0 Å². The van der Waals surface area contributed by atoms with Gasteiger partial charge in [-0.1, -0.05) is 36.4 Å². The van der Waals surface area contributed by atoms with Crippen LogP contribution in [0.1, 0.15) is 35.8 Å². The van der Waals surface area contributed by atoms with E-state index in [0.29, 0.717) is 12.1 Å². The van der Waals surface area contributed by atoms with Crippen LogP contribution >= 0.6 is 0 Å². The fourth-order valence-corrected chi connectivity index (χ4v) is 3.58. The van der Waals surface area contributed by atoms with Gasteiger partial charge in [0.1, 0.15) is 6.04 Å². The molecule has 146 valence electrons. The molecular weight excluding hydrogens is 364 g/mol. The molecule has 0 saturated heterocycles. The van der Waals surface area contributed by atoms with Gasteiger partial charge in [0.2, 0.25) is 5.91 Å². The number of aromatic nitrogens is 3. The summed E-state index contributed by atoms with van der Waals surface area (Å²) in [5.41, 5.74) is 3.47. The van der Waals surface area contributed by atoms with E-state index < -0.39 is 6.04 Å². The second-order valence-corrected chi connectivity index (χ2v) is 7.02. The van der Waals surface area contributed by atoms with Gasteiger partial charge in [-0.25, -0.2) is 4.98 Å². The number of benzene rings is 2. The van der Waals surface area contributed by atoms with Crippen LogP contribution in [0.4, 0.5) is 0 Å². The highest BCUT2D eigenvalue weighted by Crippen LogP contribution is 2.25. The number of fused-ring (bicyclic) bond motifs is 1. The third-order valence-electron chi connectivity index (χ3n) is 5.14. The first-order chi connectivity index (χ1) is 14.1. The van der Waals surface area contributed by atoms with Gasteiger partial charge in [-0.05, 0) is 31.5 Å². The van der Waals surface area contributed by atoms with Crippen molar-refractivity contribution in [3.8, 4) is 5.69 Å². The number of rotatable bonds is 6. The summed E-state index contributed by atoms with van der Waals surface area (Å²) in [6.07, 6.45) is 7.11. The van der Waals surface area contributed by atoms with Crippen molar-refractivity contribution in [1.29, 1.82) is 0 Å². The zero-order chi connectivity index (χ0) is 20.4. The molecule has 6 nitrogen and oxygen atoms in total. The molecule has 2 aromatic heterocycles. The van der Waals surface area contributed by atoms with Gasteiger partial charge in [-0.3, -0.25) is 9.59 Å². The topological polar surface area (TPSA) is 68.9 Å². The monoisotopic (exact) mass is 386 g/mol. The maximum absolute atomic E-state index is 12.9. The van der Waals surface area contributed by atoms with Crippen LogP contribution < -0.4 is 5.32 Å². The molecule has 0 aliphatic rings. The zero-order valence-electron chi connectivity index (χ0n) is 16.4. The Morgan fingerprint density at radius 3 is 2.62 bits per heavy atom. The number of carbonyl (C=O) groups excluding carboxylic acids is 2. The van der Waals surface area contributed by atoms with Crippen LogP contribution in [-0.4, -0.2) is 25.8 Å². The molecule has 1 N–H and O–H groups in total. The van der Waals surface area contributed by atoms with Crippen molar-refractivity contribution in [3.05, 3.63) is 84.6 Å². The first-order valence-corrected chi connectivity index (χ1v) is 9.50. The molecule has 1 atom stereocenters. The number of nitrogens with zero attached hydrogens (tertiary/aromatic N) is 3. The molecular formula is C23H22N4O2. The van der Waals surface area contributed by atoms with Crippen LogP contribution in [-0.2, 0) is 11.3 Å². The summed E-state index contributed by atoms with van der Waals surface area (Å²) in [4.78, 5) is 29.0. The predicted octanol–water partition coefficient (Wildman–Crippen LogP) is 3.91. The number of amides is 1. The number of imidazole rings is 1. The van der Waals surface area contributed by atoms with E-state index in [-0.39, 0.29) is 11.7 Å². The molecule has 0 radical (unpaired) electrons. The molecule has 0 aliphatic carbocycles. The van der Waals surface area contributed by atoms with Crippen molar-refractivity contribution in [2.24, 2.45) is 0 Å². The van der Waals surface area contributed by atoms with E-state index in [9.17, 15) is 9.59 Å². The number of nitrogens with one attached hydrogen (secondary N) is 1. The second-order valence-electron chi connectivity index (χ2n) is 7.02. The molecule has 4 rings (SSSR count). The summed E-state index contributed by atoms with van der Waals surface area (Å²) in [7, 11) is 0. The van der Waals surface area contributed by atoms with Crippen molar-refractivity contribution in [3.63, 3.8) is 0 Å². The molecule has 2 heterocycles. The van der Waals surface area contributed by atoms with Gasteiger partial charge in [0, 0.05) is 41.6 Å². The summed E-state index contributed by atoms with van der Waals surface area (Å²) in [5, 5.41) is 3.89. The molecule has 0 saturated carbocycles. The Balaban J connectivity index is 1.56. The number of hydrogen-bond acceptors (Lipinski definition) is 3. The summed E-state index contributed by atoms with van der Waals surface area (Å²) >= 11 is 0. The molecule has 0 fully saturated rings. The highest BCUT2D eigenvalue weighted by molar-refractivity contribution is 6.07.